The maximum Gasteiger partial charge on any atom is 0.244 e. The van der Waals surface area contributed by atoms with Gasteiger partial charge in [0.2, 0.25) is 5.95 Å². The molecule has 0 aliphatic carbocycles. The summed E-state index contributed by atoms with van der Waals surface area (Å²) >= 11 is 0. The summed E-state index contributed by atoms with van der Waals surface area (Å²) in [6.45, 7) is 0.777. The summed E-state index contributed by atoms with van der Waals surface area (Å²) in [5.74, 6) is 0.475. The normalized spacial score (nSPS) is 11.2. The fraction of sp³-hybridized carbons (Fsp3) is 0.250. The molecule has 0 bridgehead atoms. The number of H-pyrrole nitrogens is 1. The van der Waals surface area contributed by atoms with Crippen LogP contribution in [-0.2, 0) is 0 Å². The van der Waals surface area contributed by atoms with Crippen molar-refractivity contribution in [1.82, 2.24) is 20.2 Å². The molecule has 0 amide bonds. The van der Waals surface area contributed by atoms with Crippen molar-refractivity contribution in [2.75, 3.05) is 18.5 Å². The van der Waals surface area contributed by atoms with E-state index in [4.69, 9.17) is 5.11 Å². The van der Waals surface area contributed by atoms with Gasteiger partial charge in [-0.25, -0.2) is 0 Å². The summed E-state index contributed by atoms with van der Waals surface area (Å²) in [4.78, 5) is 7.57. The summed E-state index contributed by atoms with van der Waals surface area (Å²) in [6, 6.07) is 7.90. The van der Waals surface area contributed by atoms with Crippen LogP contribution in [0.4, 0.5) is 5.95 Å². The third-order valence-electron chi connectivity index (χ3n) is 2.74. The number of nitrogens with zero attached hydrogens (tertiary/aromatic N) is 3. The van der Waals surface area contributed by atoms with Gasteiger partial charge in [-0.1, -0.05) is 18.2 Å². The van der Waals surface area contributed by atoms with E-state index >= 15 is 0 Å². The number of nitrogens with one attached hydrogen (secondary N) is 2. The second kappa shape index (κ2) is 4.58. The average molecular weight is 243 g/mol. The number of para-hydroxylation sites is 1. The molecule has 0 spiro atoms. The number of aromatic amines is 1. The molecule has 18 heavy (non-hydrogen) atoms. The Bertz CT molecular complexity index is 678. The minimum absolute atomic E-state index is 0.148. The highest BCUT2D eigenvalue weighted by Crippen LogP contribution is 2.21. The molecule has 0 saturated carbocycles. The molecule has 0 saturated heterocycles. The summed E-state index contributed by atoms with van der Waals surface area (Å²) in [6.07, 6.45) is 0.661. The number of aromatic nitrogens is 4. The van der Waals surface area contributed by atoms with E-state index in [-0.39, 0.29) is 6.61 Å². The van der Waals surface area contributed by atoms with Crippen molar-refractivity contribution in [3.8, 4) is 0 Å². The Kier molecular flexibility index (Phi) is 2.77. The maximum atomic E-state index is 8.71. The van der Waals surface area contributed by atoms with Crippen LogP contribution in [0.25, 0.3) is 22.1 Å². The van der Waals surface area contributed by atoms with Gasteiger partial charge in [0.1, 0.15) is 5.52 Å². The zero-order valence-electron chi connectivity index (χ0n) is 9.72. The van der Waals surface area contributed by atoms with Gasteiger partial charge in [0.25, 0.3) is 0 Å². The number of rotatable bonds is 4. The van der Waals surface area contributed by atoms with Gasteiger partial charge in [0.15, 0.2) is 5.65 Å². The molecule has 3 N–H and O–H groups in total. The van der Waals surface area contributed by atoms with Crippen LogP contribution >= 0.6 is 0 Å². The van der Waals surface area contributed by atoms with Gasteiger partial charge in [-0.3, -0.25) is 0 Å². The third-order valence-corrected chi connectivity index (χ3v) is 2.74. The van der Waals surface area contributed by atoms with Crippen molar-refractivity contribution < 1.29 is 5.11 Å². The molecule has 6 heteroatoms. The fourth-order valence-electron chi connectivity index (χ4n) is 1.87. The molecule has 6 nitrogen and oxygen atoms in total. The lowest BCUT2D eigenvalue weighted by Gasteiger charge is -2.01. The highest BCUT2D eigenvalue weighted by Gasteiger charge is 2.07. The highest BCUT2D eigenvalue weighted by atomic mass is 16.3. The highest BCUT2D eigenvalue weighted by molar-refractivity contribution is 6.03. The number of aliphatic hydroxyl groups is 1. The van der Waals surface area contributed by atoms with Crippen molar-refractivity contribution in [2.24, 2.45) is 0 Å². The van der Waals surface area contributed by atoms with Crippen molar-refractivity contribution in [3.05, 3.63) is 24.3 Å². The monoisotopic (exact) mass is 243 g/mol. The lowest BCUT2D eigenvalue weighted by atomic mass is 10.2. The number of anilines is 1. The van der Waals surface area contributed by atoms with E-state index in [9.17, 15) is 0 Å². The molecule has 0 fully saturated rings. The summed E-state index contributed by atoms with van der Waals surface area (Å²) in [5.41, 5.74) is 2.50. The molecule has 92 valence electrons. The summed E-state index contributed by atoms with van der Waals surface area (Å²) in [5, 5.41) is 21.0. The third kappa shape index (κ3) is 1.86. The minimum Gasteiger partial charge on any atom is -0.396 e. The second-order valence-electron chi connectivity index (χ2n) is 4.01. The molecule has 2 heterocycles. The topological polar surface area (TPSA) is 86.7 Å². The number of fused-ring (bicyclic) bond motifs is 3. The quantitative estimate of drug-likeness (QED) is 0.601. The summed E-state index contributed by atoms with van der Waals surface area (Å²) in [7, 11) is 0. The Balaban J connectivity index is 1.99. The van der Waals surface area contributed by atoms with Crippen molar-refractivity contribution in [1.29, 1.82) is 0 Å². The van der Waals surface area contributed by atoms with Crippen LogP contribution in [0.5, 0.6) is 0 Å². The average Bonchev–Trinajstić information content (AvgIpc) is 2.76. The smallest absolute Gasteiger partial charge is 0.244 e. The van der Waals surface area contributed by atoms with E-state index in [2.05, 4.69) is 25.5 Å². The molecule has 3 rings (SSSR count). The molecule has 0 aliphatic heterocycles. The predicted molar refractivity (Wildman–Crippen MR) is 69.4 cm³/mol. The molecular formula is C12H13N5O. The van der Waals surface area contributed by atoms with Gasteiger partial charge in [0, 0.05) is 24.1 Å². The van der Waals surface area contributed by atoms with E-state index in [1.54, 1.807) is 0 Å². The van der Waals surface area contributed by atoms with E-state index in [1.807, 2.05) is 24.3 Å². The molecule has 1 aromatic carbocycles. The number of hydrogen-bond donors (Lipinski definition) is 3. The van der Waals surface area contributed by atoms with Crippen LogP contribution in [0.1, 0.15) is 6.42 Å². The number of benzene rings is 1. The van der Waals surface area contributed by atoms with Crippen molar-refractivity contribution >= 4 is 28.0 Å². The number of hydrogen-bond acceptors (Lipinski definition) is 5. The maximum absolute atomic E-state index is 8.71. The SMILES string of the molecule is OCCCNc1nnc2c(n1)[nH]c1ccccc12. The zero-order chi connectivity index (χ0) is 12.4. The van der Waals surface area contributed by atoms with E-state index in [1.165, 1.54) is 0 Å². The second-order valence-corrected chi connectivity index (χ2v) is 4.01. The molecule has 0 unspecified atom stereocenters. The largest absolute Gasteiger partial charge is 0.396 e. The summed E-state index contributed by atoms with van der Waals surface area (Å²) < 4.78 is 0. The van der Waals surface area contributed by atoms with Crippen LogP contribution in [-0.4, -0.2) is 38.4 Å². The Morgan fingerprint density at radius 2 is 2.11 bits per heavy atom. The van der Waals surface area contributed by atoms with Crippen LogP contribution < -0.4 is 5.32 Å². The van der Waals surface area contributed by atoms with E-state index in [0.717, 1.165) is 22.1 Å². The van der Waals surface area contributed by atoms with Gasteiger partial charge in [-0.05, 0) is 12.5 Å². The molecule has 0 aliphatic rings. The zero-order valence-corrected chi connectivity index (χ0v) is 9.72. The molecule has 0 atom stereocenters. The fourth-order valence-corrected chi connectivity index (χ4v) is 1.87. The molecule has 2 aromatic heterocycles. The number of aliphatic hydroxyl groups excluding tert-OH is 1. The Morgan fingerprint density at radius 1 is 1.22 bits per heavy atom. The Morgan fingerprint density at radius 3 is 3.00 bits per heavy atom. The molecular weight excluding hydrogens is 230 g/mol. The first kappa shape index (κ1) is 10.9. The van der Waals surface area contributed by atoms with Crippen LogP contribution in [0.3, 0.4) is 0 Å². The molecule has 0 radical (unpaired) electrons. The van der Waals surface area contributed by atoms with E-state index < -0.39 is 0 Å². The van der Waals surface area contributed by atoms with Gasteiger partial charge < -0.3 is 15.4 Å². The van der Waals surface area contributed by atoms with Crippen LogP contribution in [0.15, 0.2) is 24.3 Å². The Hall–Kier alpha value is -2.21. The van der Waals surface area contributed by atoms with E-state index in [0.29, 0.717) is 18.9 Å². The standard InChI is InChI=1S/C12H13N5O/c18-7-3-6-13-12-15-11-10(16-17-12)8-4-1-2-5-9(8)14-11/h1-2,4-5,18H,3,6-7H2,(H2,13,14,15,17). The van der Waals surface area contributed by atoms with Gasteiger partial charge >= 0.3 is 0 Å². The van der Waals surface area contributed by atoms with Gasteiger partial charge in [-0.15, -0.1) is 10.2 Å². The first-order valence-corrected chi connectivity index (χ1v) is 5.84. The van der Waals surface area contributed by atoms with Gasteiger partial charge in [0.05, 0.1) is 0 Å². The lowest BCUT2D eigenvalue weighted by Crippen LogP contribution is -2.07. The van der Waals surface area contributed by atoms with Crippen molar-refractivity contribution in [2.45, 2.75) is 6.42 Å². The van der Waals surface area contributed by atoms with Crippen LogP contribution in [0.2, 0.25) is 0 Å². The first-order chi connectivity index (χ1) is 8.88. The first-order valence-electron chi connectivity index (χ1n) is 5.84. The van der Waals surface area contributed by atoms with Crippen LogP contribution in [0, 0.1) is 0 Å². The van der Waals surface area contributed by atoms with Crippen molar-refractivity contribution in [3.63, 3.8) is 0 Å². The minimum atomic E-state index is 0.148. The Labute approximate surface area is 103 Å². The molecule has 3 aromatic rings. The lowest BCUT2D eigenvalue weighted by molar-refractivity contribution is 0.292. The predicted octanol–water partition coefficient (Wildman–Crippen LogP) is 1.30. The van der Waals surface area contributed by atoms with Gasteiger partial charge in [-0.2, -0.15) is 4.98 Å².